The van der Waals surface area contributed by atoms with Crippen LogP contribution in [0.15, 0.2) is 18.2 Å². The van der Waals surface area contributed by atoms with Gasteiger partial charge in [-0.25, -0.2) is 0 Å². The summed E-state index contributed by atoms with van der Waals surface area (Å²) < 4.78 is 2.17. The van der Waals surface area contributed by atoms with Crippen molar-refractivity contribution in [3.63, 3.8) is 0 Å². The fourth-order valence-electron chi connectivity index (χ4n) is 2.72. The minimum absolute atomic E-state index is 0.240. The summed E-state index contributed by atoms with van der Waals surface area (Å²) in [6.45, 7) is 5.25. The van der Waals surface area contributed by atoms with E-state index in [2.05, 4.69) is 46.8 Å². The van der Waals surface area contributed by atoms with Gasteiger partial charge in [0, 0.05) is 31.1 Å². The van der Waals surface area contributed by atoms with Crippen molar-refractivity contribution in [3.8, 4) is 11.4 Å². The van der Waals surface area contributed by atoms with E-state index in [4.69, 9.17) is 0 Å². The summed E-state index contributed by atoms with van der Waals surface area (Å²) in [6, 6.07) is 6.40. The summed E-state index contributed by atoms with van der Waals surface area (Å²) >= 11 is 0. The lowest BCUT2D eigenvalue weighted by Crippen LogP contribution is -2.23. The van der Waals surface area contributed by atoms with Gasteiger partial charge >= 0.3 is 0 Å². The number of hydrogen-bond donors (Lipinski definition) is 1. The molecule has 0 spiro atoms. The zero-order valence-corrected chi connectivity index (χ0v) is 11.4. The van der Waals surface area contributed by atoms with Gasteiger partial charge in [0.05, 0.1) is 0 Å². The fraction of sp³-hybridized carbons (Fsp3) is 0.467. The van der Waals surface area contributed by atoms with Crippen molar-refractivity contribution in [3.05, 3.63) is 35.2 Å². The maximum atomic E-state index is 9.36. The van der Waals surface area contributed by atoms with Crippen LogP contribution in [-0.2, 0) is 13.0 Å². The largest absolute Gasteiger partial charge is 0.396 e. The van der Waals surface area contributed by atoms with Gasteiger partial charge in [0.15, 0.2) is 5.82 Å². The minimum Gasteiger partial charge on any atom is -0.396 e. The molecule has 0 aliphatic carbocycles. The Balaban J connectivity index is 2.07. The lowest BCUT2D eigenvalue weighted by atomic mass is 9.99. The Morgan fingerprint density at radius 3 is 2.95 bits per heavy atom. The number of aliphatic hydroxyl groups is 1. The molecule has 0 saturated heterocycles. The van der Waals surface area contributed by atoms with Crippen molar-refractivity contribution in [1.29, 1.82) is 0 Å². The number of aryl methyl sites for hydroxylation is 3. The molecule has 1 N–H and O–H groups in total. The van der Waals surface area contributed by atoms with Crippen LogP contribution < -0.4 is 0 Å². The number of fused-ring (bicyclic) bond motifs is 1. The van der Waals surface area contributed by atoms with Gasteiger partial charge in [0.25, 0.3) is 0 Å². The summed E-state index contributed by atoms with van der Waals surface area (Å²) in [5.41, 5.74) is 3.59. The minimum atomic E-state index is 0.240. The summed E-state index contributed by atoms with van der Waals surface area (Å²) in [5.74, 6) is 2.31. The lowest BCUT2D eigenvalue weighted by Gasteiger charge is -2.22. The molecule has 100 valence electrons. The van der Waals surface area contributed by atoms with Crippen LogP contribution in [-0.4, -0.2) is 26.5 Å². The van der Waals surface area contributed by atoms with E-state index < -0.39 is 0 Å². The molecule has 0 bridgehead atoms. The first-order valence-corrected chi connectivity index (χ1v) is 6.79. The molecule has 1 aromatic heterocycles. The molecule has 0 amide bonds. The molecule has 1 aliphatic heterocycles. The SMILES string of the molecule is Cc1ccc(C)c(-c2nnc3n2CC(CO)CC3)c1. The summed E-state index contributed by atoms with van der Waals surface area (Å²) in [5, 5.41) is 18.0. The Morgan fingerprint density at radius 2 is 2.16 bits per heavy atom. The monoisotopic (exact) mass is 257 g/mol. The number of aliphatic hydroxyl groups excluding tert-OH is 1. The van der Waals surface area contributed by atoms with Gasteiger partial charge in [-0.15, -0.1) is 10.2 Å². The number of nitrogens with zero attached hydrogens (tertiary/aromatic N) is 3. The van der Waals surface area contributed by atoms with E-state index in [1.807, 2.05) is 0 Å². The number of benzene rings is 1. The van der Waals surface area contributed by atoms with Crippen molar-refractivity contribution >= 4 is 0 Å². The molecule has 2 heterocycles. The Bertz CT molecular complexity index is 603. The van der Waals surface area contributed by atoms with Gasteiger partial charge in [-0.1, -0.05) is 17.7 Å². The number of aromatic nitrogens is 3. The van der Waals surface area contributed by atoms with Crippen molar-refractivity contribution in [2.45, 2.75) is 33.2 Å². The average Bonchev–Trinajstić information content (AvgIpc) is 2.84. The zero-order valence-electron chi connectivity index (χ0n) is 11.4. The molecule has 4 heteroatoms. The topological polar surface area (TPSA) is 50.9 Å². The Kier molecular flexibility index (Phi) is 3.11. The van der Waals surface area contributed by atoms with Gasteiger partial charge in [-0.05, 0) is 31.9 Å². The summed E-state index contributed by atoms with van der Waals surface area (Å²) in [7, 11) is 0. The first-order valence-electron chi connectivity index (χ1n) is 6.79. The van der Waals surface area contributed by atoms with E-state index in [9.17, 15) is 5.11 Å². The van der Waals surface area contributed by atoms with Crippen molar-refractivity contribution < 1.29 is 5.11 Å². The van der Waals surface area contributed by atoms with Gasteiger partial charge in [-0.2, -0.15) is 0 Å². The van der Waals surface area contributed by atoms with E-state index >= 15 is 0 Å². The van der Waals surface area contributed by atoms with Crippen LogP contribution in [0.1, 0.15) is 23.4 Å². The van der Waals surface area contributed by atoms with E-state index in [-0.39, 0.29) is 6.61 Å². The molecular weight excluding hydrogens is 238 g/mol. The number of hydrogen-bond acceptors (Lipinski definition) is 3. The Hall–Kier alpha value is -1.68. The maximum Gasteiger partial charge on any atom is 0.164 e. The number of rotatable bonds is 2. The molecule has 2 aromatic rings. The second-order valence-corrected chi connectivity index (χ2v) is 5.46. The molecule has 0 saturated carbocycles. The molecule has 1 aliphatic rings. The third kappa shape index (κ3) is 2.16. The molecule has 0 fully saturated rings. The van der Waals surface area contributed by atoms with Gasteiger partial charge in [-0.3, -0.25) is 0 Å². The van der Waals surface area contributed by atoms with E-state index in [0.717, 1.165) is 36.6 Å². The Morgan fingerprint density at radius 1 is 1.32 bits per heavy atom. The van der Waals surface area contributed by atoms with E-state index in [1.165, 1.54) is 11.1 Å². The maximum absolute atomic E-state index is 9.36. The van der Waals surface area contributed by atoms with Crippen LogP contribution in [0.25, 0.3) is 11.4 Å². The second kappa shape index (κ2) is 4.78. The first kappa shape index (κ1) is 12.4. The predicted octanol–water partition coefficient (Wildman–Crippen LogP) is 2.12. The highest BCUT2D eigenvalue weighted by Gasteiger charge is 2.23. The van der Waals surface area contributed by atoms with Crippen LogP contribution >= 0.6 is 0 Å². The molecule has 1 aromatic carbocycles. The molecule has 1 atom stereocenters. The second-order valence-electron chi connectivity index (χ2n) is 5.46. The third-order valence-electron chi connectivity index (χ3n) is 3.94. The zero-order chi connectivity index (χ0) is 13.4. The average molecular weight is 257 g/mol. The smallest absolute Gasteiger partial charge is 0.164 e. The van der Waals surface area contributed by atoms with Gasteiger partial charge < -0.3 is 9.67 Å². The van der Waals surface area contributed by atoms with Crippen LogP contribution in [0.2, 0.25) is 0 Å². The van der Waals surface area contributed by atoms with Crippen LogP contribution in [0, 0.1) is 19.8 Å². The van der Waals surface area contributed by atoms with Crippen LogP contribution in [0.5, 0.6) is 0 Å². The Labute approximate surface area is 113 Å². The van der Waals surface area contributed by atoms with Crippen molar-refractivity contribution in [2.75, 3.05) is 6.61 Å². The standard InChI is InChI=1S/C15H19N3O/c1-10-3-4-11(2)13(7-10)15-17-16-14-6-5-12(9-19)8-18(14)15/h3-4,7,12,19H,5-6,8-9H2,1-2H3. The van der Waals surface area contributed by atoms with Crippen LogP contribution in [0.3, 0.4) is 0 Å². The lowest BCUT2D eigenvalue weighted by molar-refractivity contribution is 0.191. The highest BCUT2D eigenvalue weighted by atomic mass is 16.3. The van der Waals surface area contributed by atoms with E-state index in [1.54, 1.807) is 0 Å². The summed E-state index contributed by atoms with van der Waals surface area (Å²) in [6.07, 6.45) is 1.91. The van der Waals surface area contributed by atoms with Crippen molar-refractivity contribution in [1.82, 2.24) is 14.8 Å². The van der Waals surface area contributed by atoms with Crippen LogP contribution in [0.4, 0.5) is 0 Å². The van der Waals surface area contributed by atoms with Gasteiger partial charge in [0.1, 0.15) is 5.82 Å². The molecule has 19 heavy (non-hydrogen) atoms. The van der Waals surface area contributed by atoms with Gasteiger partial charge in [0.2, 0.25) is 0 Å². The quantitative estimate of drug-likeness (QED) is 0.896. The van der Waals surface area contributed by atoms with E-state index in [0.29, 0.717) is 5.92 Å². The molecule has 3 rings (SSSR count). The normalized spacial score (nSPS) is 18.4. The molecule has 1 unspecified atom stereocenters. The summed E-state index contributed by atoms with van der Waals surface area (Å²) in [4.78, 5) is 0. The highest BCUT2D eigenvalue weighted by molar-refractivity contribution is 5.61. The predicted molar refractivity (Wildman–Crippen MR) is 73.8 cm³/mol. The fourth-order valence-corrected chi connectivity index (χ4v) is 2.72. The third-order valence-corrected chi connectivity index (χ3v) is 3.94. The molecule has 4 nitrogen and oxygen atoms in total. The van der Waals surface area contributed by atoms with Crippen molar-refractivity contribution in [2.24, 2.45) is 5.92 Å². The molecule has 0 radical (unpaired) electrons. The highest BCUT2D eigenvalue weighted by Crippen LogP contribution is 2.28. The molecular formula is C15H19N3O. The first-order chi connectivity index (χ1) is 9.19.